The maximum Gasteiger partial charge on any atom is 0.172 e. The van der Waals surface area contributed by atoms with E-state index in [9.17, 15) is 0 Å². The SMILES string of the molecule is CCCNc1cc(C(C)(C)C)nc(-c2sccc2C)n1. The van der Waals surface area contributed by atoms with Gasteiger partial charge in [-0.2, -0.15) is 0 Å². The zero-order valence-corrected chi connectivity index (χ0v) is 13.8. The van der Waals surface area contributed by atoms with Crippen LogP contribution in [-0.2, 0) is 5.41 Å². The molecule has 20 heavy (non-hydrogen) atoms. The minimum Gasteiger partial charge on any atom is -0.370 e. The van der Waals surface area contributed by atoms with Crippen molar-refractivity contribution < 1.29 is 0 Å². The summed E-state index contributed by atoms with van der Waals surface area (Å²) in [6.07, 6.45) is 1.09. The van der Waals surface area contributed by atoms with Gasteiger partial charge in [0.15, 0.2) is 5.82 Å². The summed E-state index contributed by atoms with van der Waals surface area (Å²) in [5.41, 5.74) is 2.34. The molecule has 108 valence electrons. The third kappa shape index (κ3) is 3.37. The molecule has 0 aromatic carbocycles. The first kappa shape index (κ1) is 15.0. The predicted octanol–water partition coefficient (Wildman–Crippen LogP) is 4.63. The molecule has 0 aliphatic rings. The molecule has 0 bridgehead atoms. The van der Waals surface area contributed by atoms with Crippen molar-refractivity contribution in [3.63, 3.8) is 0 Å². The van der Waals surface area contributed by atoms with Crippen molar-refractivity contribution in [2.45, 2.75) is 46.5 Å². The van der Waals surface area contributed by atoms with Crippen LogP contribution in [0.2, 0.25) is 0 Å². The Morgan fingerprint density at radius 2 is 2.00 bits per heavy atom. The zero-order chi connectivity index (χ0) is 14.8. The maximum atomic E-state index is 4.78. The number of rotatable bonds is 4. The highest BCUT2D eigenvalue weighted by atomic mass is 32.1. The molecule has 4 heteroatoms. The molecule has 0 saturated carbocycles. The van der Waals surface area contributed by atoms with Crippen molar-refractivity contribution in [1.82, 2.24) is 9.97 Å². The lowest BCUT2D eigenvalue weighted by atomic mass is 9.92. The van der Waals surface area contributed by atoms with Gasteiger partial charge in [0, 0.05) is 18.0 Å². The highest BCUT2D eigenvalue weighted by molar-refractivity contribution is 7.13. The third-order valence-electron chi connectivity index (χ3n) is 3.12. The van der Waals surface area contributed by atoms with Crippen molar-refractivity contribution in [3.05, 3.63) is 28.8 Å². The van der Waals surface area contributed by atoms with Crippen molar-refractivity contribution >= 4 is 17.2 Å². The molecule has 0 fully saturated rings. The standard InChI is InChI=1S/C16H23N3S/c1-6-8-17-13-10-12(16(3,4)5)18-15(19-13)14-11(2)7-9-20-14/h7,9-10H,6,8H2,1-5H3,(H,17,18,19). The van der Waals surface area contributed by atoms with E-state index < -0.39 is 0 Å². The van der Waals surface area contributed by atoms with E-state index in [0.29, 0.717) is 0 Å². The van der Waals surface area contributed by atoms with Gasteiger partial charge in [-0.1, -0.05) is 27.7 Å². The van der Waals surface area contributed by atoms with E-state index in [1.54, 1.807) is 11.3 Å². The molecule has 3 nitrogen and oxygen atoms in total. The van der Waals surface area contributed by atoms with E-state index in [2.05, 4.69) is 62.4 Å². The molecule has 0 saturated heterocycles. The summed E-state index contributed by atoms with van der Waals surface area (Å²) in [7, 11) is 0. The Morgan fingerprint density at radius 3 is 2.55 bits per heavy atom. The van der Waals surface area contributed by atoms with Gasteiger partial charge in [0.1, 0.15) is 5.82 Å². The summed E-state index contributed by atoms with van der Waals surface area (Å²) in [5, 5.41) is 5.48. The molecule has 2 rings (SSSR count). The highest BCUT2D eigenvalue weighted by Gasteiger charge is 2.19. The summed E-state index contributed by atoms with van der Waals surface area (Å²) in [6.45, 7) is 11.8. The van der Waals surface area contributed by atoms with Crippen LogP contribution in [0.5, 0.6) is 0 Å². The van der Waals surface area contributed by atoms with Gasteiger partial charge >= 0.3 is 0 Å². The average Bonchev–Trinajstić information content (AvgIpc) is 2.81. The molecule has 0 atom stereocenters. The Morgan fingerprint density at radius 1 is 1.25 bits per heavy atom. The van der Waals surface area contributed by atoms with Crippen LogP contribution in [0.1, 0.15) is 45.4 Å². The lowest BCUT2D eigenvalue weighted by Crippen LogP contribution is -2.16. The first-order chi connectivity index (χ1) is 9.41. The summed E-state index contributed by atoms with van der Waals surface area (Å²) in [4.78, 5) is 10.6. The van der Waals surface area contributed by atoms with Crippen LogP contribution in [0, 0.1) is 6.92 Å². The quantitative estimate of drug-likeness (QED) is 0.891. The van der Waals surface area contributed by atoms with Crippen LogP contribution in [0.4, 0.5) is 5.82 Å². The molecule has 2 aromatic rings. The Kier molecular flexibility index (Phi) is 4.43. The van der Waals surface area contributed by atoms with Crippen molar-refractivity contribution in [1.29, 1.82) is 0 Å². The molecule has 0 aliphatic heterocycles. The summed E-state index contributed by atoms with van der Waals surface area (Å²) < 4.78 is 0. The van der Waals surface area contributed by atoms with Gasteiger partial charge < -0.3 is 5.32 Å². The Bertz CT molecular complexity index is 582. The van der Waals surface area contributed by atoms with Gasteiger partial charge in [-0.15, -0.1) is 11.3 Å². The normalized spacial score (nSPS) is 11.7. The van der Waals surface area contributed by atoms with Crippen LogP contribution in [0.15, 0.2) is 17.5 Å². The summed E-state index contributed by atoms with van der Waals surface area (Å²) >= 11 is 1.70. The van der Waals surface area contributed by atoms with Crippen LogP contribution >= 0.6 is 11.3 Å². The number of aromatic nitrogens is 2. The molecule has 1 N–H and O–H groups in total. The number of thiophene rings is 1. The molecule has 0 aliphatic carbocycles. The second kappa shape index (κ2) is 5.92. The number of nitrogens with one attached hydrogen (secondary N) is 1. The van der Waals surface area contributed by atoms with Crippen LogP contribution < -0.4 is 5.32 Å². The number of hydrogen-bond acceptors (Lipinski definition) is 4. The summed E-state index contributed by atoms with van der Waals surface area (Å²) in [5.74, 6) is 1.76. The molecule has 2 heterocycles. The number of anilines is 1. The van der Waals surface area contributed by atoms with E-state index in [-0.39, 0.29) is 5.41 Å². The van der Waals surface area contributed by atoms with E-state index >= 15 is 0 Å². The fourth-order valence-corrected chi connectivity index (χ4v) is 2.74. The molecule has 0 spiro atoms. The highest BCUT2D eigenvalue weighted by Crippen LogP contribution is 2.30. The molecule has 2 aromatic heterocycles. The third-order valence-corrected chi connectivity index (χ3v) is 4.13. The first-order valence-corrected chi connectivity index (χ1v) is 7.97. The van der Waals surface area contributed by atoms with Crippen molar-refractivity contribution in [2.24, 2.45) is 0 Å². The predicted molar refractivity (Wildman–Crippen MR) is 87.6 cm³/mol. The topological polar surface area (TPSA) is 37.8 Å². The zero-order valence-electron chi connectivity index (χ0n) is 12.9. The minimum absolute atomic E-state index is 0.0193. The fourth-order valence-electron chi connectivity index (χ4n) is 1.88. The number of nitrogens with zero attached hydrogens (tertiary/aromatic N) is 2. The number of aryl methyl sites for hydroxylation is 1. The molecule has 0 radical (unpaired) electrons. The molecular weight excluding hydrogens is 266 g/mol. The Balaban J connectivity index is 2.48. The first-order valence-electron chi connectivity index (χ1n) is 7.09. The molecule has 0 amide bonds. The summed E-state index contributed by atoms with van der Waals surface area (Å²) in [6, 6.07) is 4.19. The average molecular weight is 289 g/mol. The number of hydrogen-bond donors (Lipinski definition) is 1. The second-order valence-electron chi connectivity index (χ2n) is 6.07. The van der Waals surface area contributed by atoms with E-state index in [4.69, 9.17) is 4.98 Å². The maximum absolute atomic E-state index is 4.78. The van der Waals surface area contributed by atoms with Gasteiger partial charge in [0.25, 0.3) is 0 Å². The lowest BCUT2D eigenvalue weighted by molar-refractivity contribution is 0.568. The fraction of sp³-hybridized carbons (Fsp3) is 0.500. The lowest BCUT2D eigenvalue weighted by Gasteiger charge is -2.19. The molecular formula is C16H23N3S. The van der Waals surface area contributed by atoms with E-state index in [1.807, 2.05) is 0 Å². The van der Waals surface area contributed by atoms with Crippen molar-refractivity contribution in [3.8, 4) is 10.7 Å². The van der Waals surface area contributed by atoms with Gasteiger partial charge in [0.05, 0.1) is 10.6 Å². The van der Waals surface area contributed by atoms with E-state index in [1.165, 1.54) is 5.56 Å². The Labute approximate surface area is 125 Å². The van der Waals surface area contributed by atoms with Gasteiger partial charge in [-0.05, 0) is 30.4 Å². The Hall–Kier alpha value is -1.42. The van der Waals surface area contributed by atoms with Crippen molar-refractivity contribution in [2.75, 3.05) is 11.9 Å². The van der Waals surface area contributed by atoms with Gasteiger partial charge in [-0.25, -0.2) is 9.97 Å². The van der Waals surface area contributed by atoms with Crippen LogP contribution in [0.25, 0.3) is 10.7 Å². The molecule has 0 unspecified atom stereocenters. The minimum atomic E-state index is 0.0193. The van der Waals surface area contributed by atoms with Crippen LogP contribution in [-0.4, -0.2) is 16.5 Å². The van der Waals surface area contributed by atoms with Gasteiger partial charge in [0.2, 0.25) is 0 Å². The van der Waals surface area contributed by atoms with Crippen LogP contribution in [0.3, 0.4) is 0 Å². The van der Waals surface area contributed by atoms with Gasteiger partial charge in [-0.3, -0.25) is 0 Å². The smallest absolute Gasteiger partial charge is 0.172 e. The second-order valence-corrected chi connectivity index (χ2v) is 6.99. The van der Waals surface area contributed by atoms with E-state index in [0.717, 1.165) is 35.2 Å². The largest absolute Gasteiger partial charge is 0.370 e. The monoisotopic (exact) mass is 289 g/mol.